The number of rotatable bonds is 6. The fourth-order valence-corrected chi connectivity index (χ4v) is 4.67. The standard InChI is InChI=1S/C21H25N3O3S/c1-5-15-13(2)16-17(25)24(21(3,4)19(22)26)20(27)23(18(16)28-15)12-11-14-9-7-6-8-10-14/h6-10H,5,11-12H2,1-4H3,(H2,22,26). The van der Waals surface area contributed by atoms with E-state index < -0.39 is 22.7 Å². The minimum Gasteiger partial charge on any atom is -0.368 e. The number of aryl methyl sites for hydroxylation is 4. The summed E-state index contributed by atoms with van der Waals surface area (Å²) in [5.41, 5.74) is 5.12. The minimum absolute atomic E-state index is 0.414. The van der Waals surface area contributed by atoms with Crippen LogP contribution >= 0.6 is 11.3 Å². The molecule has 0 saturated carbocycles. The van der Waals surface area contributed by atoms with Gasteiger partial charge in [0.25, 0.3) is 5.56 Å². The summed E-state index contributed by atoms with van der Waals surface area (Å²) in [7, 11) is 0. The first-order valence-electron chi connectivity index (χ1n) is 9.32. The molecule has 0 radical (unpaired) electrons. The van der Waals surface area contributed by atoms with Crippen LogP contribution in [0, 0.1) is 6.92 Å². The maximum Gasteiger partial charge on any atom is 0.333 e. The number of aromatic nitrogens is 2. The van der Waals surface area contributed by atoms with Crippen molar-refractivity contribution in [1.29, 1.82) is 0 Å². The van der Waals surface area contributed by atoms with E-state index in [2.05, 4.69) is 0 Å². The summed E-state index contributed by atoms with van der Waals surface area (Å²) in [6.45, 7) is 7.35. The lowest BCUT2D eigenvalue weighted by molar-refractivity contribution is -0.125. The molecule has 0 aliphatic rings. The number of carbonyl (C=O) groups is 1. The van der Waals surface area contributed by atoms with Gasteiger partial charge in [-0.25, -0.2) is 9.36 Å². The van der Waals surface area contributed by atoms with Crippen molar-refractivity contribution in [2.75, 3.05) is 0 Å². The van der Waals surface area contributed by atoms with Gasteiger partial charge >= 0.3 is 5.69 Å². The molecule has 0 bridgehead atoms. The van der Waals surface area contributed by atoms with Gasteiger partial charge in [0.2, 0.25) is 5.91 Å². The van der Waals surface area contributed by atoms with Crippen molar-refractivity contribution in [1.82, 2.24) is 9.13 Å². The van der Waals surface area contributed by atoms with Gasteiger partial charge in [-0.15, -0.1) is 11.3 Å². The van der Waals surface area contributed by atoms with Crippen LogP contribution < -0.4 is 17.0 Å². The largest absolute Gasteiger partial charge is 0.368 e. The molecule has 28 heavy (non-hydrogen) atoms. The summed E-state index contributed by atoms with van der Waals surface area (Å²) < 4.78 is 2.63. The van der Waals surface area contributed by atoms with Crippen molar-refractivity contribution in [2.45, 2.75) is 52.6 Å². The maximum absolute atomic E-state index is 13.3. The highest BCUT2D eigenvalue weighted by atomic mass is 32.1. The van der Waals surface area contributed by atoms with E-state index in [0.29, 0.717) is 23.2 Å². The van der Waals surface area contributed by atoms with Gasteiger partial charge in [-0.3, -0.25) is 14.2 Å². The molecule has 0 saturated heterocycles. The molecule has 0 fully saturated rings. The van der Waals surface area contributed by atoms with Gasteiger partial charge in [-0.05, 0) is 44.7 Å². The first kappa shape index (κ1) is 20.1. The van der Waals surface area contributed by atoms with Crippen LogP contribution in [0.5, 0.6) is 0 Å². The second-order valence-corrected chi connectivity index (χ2v) is 8.50. The van der Waals surface area contributed by atoms with E-state index in [9.17, 15) is 14.4 Å². The summed E-state index contributed by atoms with van der Waals surface area (Å²) >= 11 is 1.48. The van der Waals surface area contributed by atoms with Crippen LogP contribution in [-0.4, -0.2) is 15.0 Å². The Morgan fingerprint density at radius 2 is 1.82 bits per heavy atom. The molecule has 0 spiro atoms. The Kier molecular flexibility index (Phi) is 5.30. The number of primary amides is 1. The molecule has 1 amide bonds. The van der Waals surface area contributed by atoms with Gasteiger partial charge < -0.3 is 5.73 Å². The molecule has 0 aliphatic carbocycles. The highest BCUT2D eigenvalue weighted by Gasteiger charge is 2.33. The smallest absolute Gasteiger partial charge is 0.333 e. The second kappa shape index (κ2) is 7.39. The van der Waals surface area contributed by atoms with Crippen LogP contribution in [0.2, 0.25) is 0 Å². The number of thiophene rings is 1. The fourth-order valence-electron chi connectivity index (χ4n) is 3.42. The van der Waals surface area contributed by atoms with Crippen molar-refractivity contribution >= 4 is 27.5 Å². The zero-order valence-corrected chi connectivity index (χ0v) is 17.4. The Balaban J connectivity index is 2.30. The molecule has 0 atom stereocenters. The van der Waals surface area contributed by atoms with Gasteiger partial charge in [0.15, 0.2) is 0 Å². The van der Waals surface area contributed by atoms with Gasteiger partial charge in [0, 0.05) is 11.4 Å². The average Bonchev–Trinajstić information content (AvgIpc) is 2.98. The summed E-state index contributed by atoms with van der Waals surface area (Å²) in [4.78, 5) is 40.3. The SMILES string of the molecule is CCc1sc2c(c1C)c(=O)n(C(C)(C)C(N)=O)c(=O)n2CCc1ccccc1. The lowest BCUT2D eigenvalue weighted by Crippen LogP contribution is -2.54. The lowest BCUT2D eigenvalue weighted by atomic mass is 10.0. The number of hydrogen-bond donors (Lipinski definition) is 1. The molecule has 148 valence electrons. The van der Waals surface area contributed by atoms with Gasteiger partial charge in [0.1, 0.15) is 10.4 Å². The van der Waals surface area contributed by atoms with E-state index in [1.54, 1.807) is 4.57 Å². The Morgan fingerprint density at radius 3 is 2.39 bits per heavy atom. The average molecular weight is 400 g/mol. The molecule has 2 aromatic heterocycles. The fraction of sp³-hybridized carbons (Fsp3) is 0.381. The molecule has 1 aromatic carbocycles. The van der Waals surface area contributed by atoms with E-state index in [1.807, 2.05) is 44.2 Å². The summed E-state index contributed by atoms with van der Waals surface area (Å²) in [6, 6.07) is 9.86. The topological polar surface area (TPSA) is 87.1 Å². The van der Waals surface area contributed by atoms with Crippen molar-refractivity contribution in [3.63, 3.8) is 0 Å². The zero-order valence-electron chi connectivity index (χ0n) is 16.6. The van der Waals surface area contributed by atoms with Crippen molar-refractivity contribution in [2.24, 2.45) is 5.73 Å². The molecular weight excluding hydrogens is 374 g/mol. The van der Waals surface area contributed by atoms with E-state index in [4.69, 9.17) is 5.73 Å². The third kappa shape index (κ3) is 3.20. The van der Waals surface area contributed by atoms with E-state index >= 15 is 0 Å². The minimum atomic E-state index is -1.42. The lowest BCUT2D eigenvalue weighted by Gasteiger charge is -2.24. The van der Waals surface area contributed by atoms with Gasteiger partial charge in [-0.2, -0.15) is 0 Å². The monoisotopic (exact) mass is 399 g/mol. The third-order valence-electron chi connectivity index (χ3n) is 5.26. The Bertz CT molecular complexity index is 1150. The van der Waals surface area contributed by atoms with Crippen LogP contribution in [-0.2, 0) is 29.7 Å². The summed E-state index contributed by atoms with van der Waals surface area (Å²) in [6.07, 6.45) is 1.42. The third-order valence-corrected chi connectivity index (χ3v) is 6.72. The van der Waals surface area contributed by atoms with Gasteiger partial charge in [-0.1, -0.05) is 37.3 Å². The molecule has 3 rings (SSSR count). The number of carbonyl (C=O) groups excluding carboxylic acids is 1. The first-order chi connectivity index (χ1) is 13.2. The quantitative estimate of drug-likeness (QED) is 0.691. The summed E-state index contributed by atoms with van der Waals surface area (Å²) in [5.74, 6) is -0.718. The predicted molar refractivity (Wildman–Crippen MR) is 113 cm³/mol. The highest BCUT2D eigenvalue weighted by Crippen LogP contribution is 2.29. The number of nitrogens with zero attached hydrogens (tertiary/aromatic N) is 2. The first-order valence-corrected chi connectivity index (χ1v) is 10.1. The van der Waals surface area contributed by atoms with Crippen LogP contribution in [0.3, 0.4) is 0 Å². The molecule has 0 unspecified atom stereocenters. The van der Waals surface area contributed by atoms with Crippen molar-refractivity contribution in [3.8, 4) is 0 Å². The van der Waals surface area contributed by atoms with Gasteiger partial charge in [0.05, 0.1) is 5.39 Å². The number of nitrogens with two attached hydrogens (primary N) is 1. The molecule has 6 nitrogen and oxygen atoms in total. The van der Waals surface area contributed by atoms with Crippen molar-refractivity contribution < 1.29 is 4.79 Å². The second-order valence-electron chi connectivity index (χ2n) is 7.42. The molecular formula is C21H25N3O3S. The molecule has 2 N–H and O–H groups in total. The molecule has 0 aliphatic heterocycles. The number of amides is 1. The van der Waals surface area contributed by atoms with E-state index in [0.717, 1.165) is 27.0 Å². The van der Waals surface area contributed by atoms with Crippen molar-refractivity contribution in [3.05, 3.63) is 67.2 Å². The van der Waals surface area contributed by atoms with E-state index in [-0.39, 0.29) is 0 Å². The normalized spacial score (nSPS) is 11.9. The molecule has 3 aromatic rings. The summed E-state index contributed by atoms with van der Waals surface area (Å²) in [5, 5.41) is 0.504. The zero-order chi connectivity index (χ0) is 20.6. The Morgan fingerprint density at radius 1 is 1.18 bits per heavy atom. The predicted octanol–water partition coefficient (Wildman–Crippen LogP) is 2.56. The maximum atomic E-state index is 13.3. The highest BCUT2D eigenvalue weighted by molar-refractivity contribution is 7.18. The number of hydrogen-bond acceptors (Lipinski definition) is 4. The van der Waals surface area contributed by atoms with Crippen LogP contribution in [0.25, 0.3) is 10.2 Å². The van der Waals surface area contributed by atoms with Crippen LogP contribution in [0.15, 0.2) is 39.9 Å². The molecule has 7 heteroatoms. The van der Waals surface area contributed by atoms with Crippen LogP contribution in [0.4, 0.5) is 0 Å². The Labute approximate surface area is 167 Å². The number of benzene rings is 1. The van der Waals surface area contributed by atoms with E-state index in [1.165, 1.54) is 25.2 Å². The Hall–Kier alpha value is -2.67. The number of fused-ring (bicyclic) bond motifs is 1. The molecule has 2 heterocycles. The van der Waals surface area contributed by atoms with Crippen LogP contribution in [0.1, 0.15) is 36.8 Å².